The molecule has 19 heavy (non-hydrogen) atoms. The standard InChI is InChI=1S/C16H17BrFN/c1-11-3-2-4-12(7-11)14(10-19)8-13-9-15(18)5-6-16(13)17/h2-7,9,14H,8,10,19H2,1H3. The van der Waals surface area contributed by atoms with E-state index < -0.39 is 0 Å². The van der Waals surface area contributed by atoms with Crippen molar-refractivity contribution >= 4 is 15.9 Å². The van der Waals surface area contributed by atoms with Gasteiger partial charge in [-0.1, -0.05) is 45.8 Å². The van der Waals surface area contributed by atoms with E-state index in [2.05, 4.69) is 41.1 Å². The van der Waals surface area contributed by atoms with E-state index in [1.54, 1.807) is 12.1 Å². The maximum atomic E-state index is 13.3. The van der Waals surface area contributed by atoms with Crippen molar-refractivity contribution in [3.8, 4) is 0 Å². The highest BCUT2D eigenvalue weighted by Crippen LogP contribution is 2.26. The first kappa shape index (κ1) is 14.2. The molecule has 0 aromatic heterocycles. The Balaban J connectivity index is 2.26. The second-order valence-corrected chi connectivity index (χ2v) is 5.64. The first-order valence-electron chi connectivity index (χ1n) is 6.30. The van der Waals surface area contributed by atoms with Crippen LogP contribution in [0, 0.1) is 12.7 Å². The lowest BCUT2D eigenvalue weighted by molar-refractivity contribution is 0.620. The van der Waals surface area contributed by atoms with Crippen molar-refractivity contribution in [2.24, 2.45) is 5.73 Å². The Morgan fingerprint density at radius 2 is 2.00 bits per heavy atom. The fourth-order valence-corrected chi connectivity index (χ4v) is 2.64. The van der Waals surface area contributed by atoms with E-state index in [-0.39, 0.29) is 11.7 Å². The molecule has 0 heterocycles. The molecule has 2 aromatic rings. The molecule has 1 nitrogen and oxygen atoms in total. The number of hydrogen-bond acceptors (Lipinski definition) is 1. The largest absolute Gasteiger partial charge is 0.330 e. The topological polar surface area (TPSA) is 26.0 Å². The predicted molar refractivity (Wildman–Crippen MR) is 80.8 cm³/mol. The number of nitrogens with two attached hydrogens (primary N) is 1. The van der Waals surface area contributed by atoms with Crippen molar-refractivity contribution in [3.05, 3.63) is 69.4 Å². The van der Waals surface area contributed by atoms with Crippen LogP contribution in [0.15, 0.2) is 46.9 Å². The summed E-state index contributed by atoms with van der Waals surface area (Å²) in [5, 5.41) is 0. The summed E-state index contributed by atoms with van der Waals surface area (Å²) in [4.78, 5) is 0. The van der Waals surface area contributed by atoms with Crippen LogP contribution in [0.2, 0.25) is 0 Å². The lowest BCUT2D eigenvalue weighted by Gasteiger charge is -2.17. The van der Waals surface area contributed by atoms with Gasteiger partial charge in [0, 0.05) is 10.4 Å². The Labute approximate surface area is 121 Å². The Hall–Kier alpha value is -1.19. The summed E-state index contributed by atoms with van der Waals surface area (Å²) in [5.41, 5.74) is 9.26. The van der Waals surface area contributed by atoms with Gasteiger partial charge in [-0.3, -0.25) is 0 Å². The third-order valence-corrected chi connectivity index (χ3v) is 4.05. The molecule has 0 amide bonds. The zero-order chi connectivity index (χ0) is 13.8. The molecule has 2 rings (SSSR count). The summed E-state index contributed by atoms with van der Waals surface area (Å²) in [6.07, 6.45) is 0.734. The average Bonchev–Trinajstić information content (AvgIpc) is 2.39. The monoisotopic (exact) mass is 321 g/mol. The Bertz CT molecular complexity index is 568. The third-order valence-electron chi connectivity index (χ3n) is 3.27. The first-order chi connectivity index (χ1) is 9.10. The van der Waals surface area contributed by atoms with E-state index in [0.717, 1.165) is 16.5 Å². The van der Waals surface area contributed by atoms with E-state index in [1.165, 1.54) is 17.2 Å². The van der Waals surface area contributed by atoms with Gasteiger partial charge in [0.25, 0.3) is 0 Å². The van der Waals surface area contributed by atoms with Crippen LogP contribution in [0.5, 0.6) is 0 Å². The van der Waals surface area contributed by atoms with Gasteiger partial charge in [0.1, 0.15) is 5.82 Å². The molecular formula is C16H17BrFN. The minimum atomic E-state index is -0.210. The highest BCUT2D eigenvalue weighted by atomic mass is 79.9. The van der Waals surface area contributed by atoms with Crippen molar-refractivity contribution in [3.63, 3.8) is 0 Å². The molecule has 100 valence electrons. The molecule has 0 aliphatic carbocycles. The Kier molecular flexibility index (Phi) is 4.72. The van der Waals surface area contributed by atoms with Crippen LogP contribution in [0.1, 0.15) is 22.6 Å². The Morgan fingerprint density at radius 3 is 2.68 bits per heavy atom. The lowest BCUT2D eigenvalue weighted by atomic mass is 9.91. The van der Waals surface area contributed by atoms with E-state index in [4.69, 9.17) is 5.73 Å². The SMILES string of the molecule is Cc1cccc(C(CN)Cc2cc(F)ccc2Br)c1. The molecule has 0 aliphatic heterocycles. The molecule has 0 saturated carbocycles. The minimum Gasteiger partial charge on any atom is -0.330 e. The molecule has 1 unspecified atom stereocenters. The number of halogens is 2. The molecule has 2 N–H and O–H groups in total. The van der Waals surface area contributed by atoms with Crippen LogP contribution < -0.4 is 5.73 Å². The lowest BCUT2D eigenvalue weighted by Crippen LogP contribution is -2.15. The molecule has 0 aliphatic rings. The summed E-state index contributed by atoms with van der Waals surface area (Å²) in [6, 6.07) is 13.1. The Morgan fingerprint density at radius 1 is 1.21 bits per heavy atom. The molecule has 0 spiro atoms. The first-order valence-corrected chi connectivity index (χ1v) is 7.10. The molecule has 1 atom stereocenters. The van der Waals surface area contributed by atoms with Gasteiger partial charge in [-0.15, -0.1) is 0 Å². The van der Waals surface area contributed by atoms with Crippen molar-refractivity contribution < 1.29 is 4.39 Å². The van der Waals surface area contributed by atoms with E-state index in [1.807, 2.05) is 6.07 Å². The summed E-state index contributed by atoms with van der Waals surface area (Å²) < 4.78 is 14.2. The number of benzene rings is 2. The second kappa shape index (κ2) is 6.31. The van der Waals surface area contributed by atoms with Crippen LogP contribution in [0.4, 0.5) is 4.39 Å². The summed E-state index contributed by atoms with van der Waals surface area (Å²) in [6.45, 7) is 2.61. The molecule has 0 fully saturated rings. The van der Waals surface area contributed by atoms with Gasteiger partial charge in [-0.05, 0) is 49.2 Å². The van der Waals surface area contributed by atoms with Gasteiger partial charge in [0.15, 0.2) is 0 Å². The van der Waals surface area contributed by atoms with Gasteiger partial charge in [-0.25, -0.2) is 4.39 Å². The van der Waals surface area contributed by atoms with Gasteiger partial charge in [0.05, 0.1) is 0 Å². The van der Waals surface area contributed by atoms with Gasteiger partial charge >= 0.3 is 0 Å². The zero-order valence-corrected chi connectivity index (χ0v) is 12.5. The van der Waals surface area contributed by atoms with Crippen molar-refractivity contribution in [1.82, 2.24) is 0 Å². The zero-order valence-electron chi connectivity index (χ0n) is 10.9. The summed E-state index contributed by atoms with van der Waals surface area (Å²) in [7, 11) is 0. The van der Waals surface area contributed by atoms with Crippen molar-refractivity contribution in [1.29, 1.82) is 0 Å². The van der Waals surface area contributed by atoms with E-state index in [9.17, 15) is 4.39 Å². The van der Waals surface area contributed by atoms with Crippen molar-refractivity contribution in [2.45, 2.75) is 19.3 Å². The maximum absolute atomic E-state index is 13.3. The van der Waals surface area contributed by atoms with Crippen LogP contribution in [0.25, 0.3) is 0 Å². The van der Waals surface area contributed by atoms with Crippen LogP contribution in [-0.2, 0) is 6.42 Å². The highest BCUT2D eigenvalue weighted by molar-refractivity contribution is 9.10. The quantitative estimate of drug-likeness (QED) is 0.898. The second-order valence-electron chi connectivity index (χ2n) is 4.79. The fourth-order valence-electron chi connectivity index (χ4n) is 2.23. The smallest absolute Gasteiger partial charge is 0.123 e. The fraction of sp³-hybridized carbons (Fsp3) is 0.250. The minimum absolute atomic E-state index is 0.206. The van der Waals surface area contributed by atoms with Crippen molar-refractivity contribution in [2.75, 3.05) is 6.54 Å². The average molecular weight is 322 g/mol. The van der Waals surface area contributed by atoms with Gasteiger partial charge < -0.3 is 5.73 Å². The molecule has 2 aromatic carbocycles. The van der Waals surface area contributed by atoms with Crippen LogP contribution >= 0.6 is 15.9 Å². The molecular weight excluding hydrogens is 305 g/mol. The van der Waals surface area contributed by atoms with E-state index in [0.29, 0.717) is 6.54 Å². The number of rotatable bonds is 4. The number of aryl methyl sites for hydroxylation is 1. The molecule has 3 heteroatoms. The molecule has 0 radical (unpaired) electrons. The summed E-state index contributed by atoms with van der Waals surface area (Å²) in [5.74, 6) is -0.00351. The molecule has 0 saturated heterocycles. The van der Waals surface area contributed by atoms with Crippen LogP contribution in [0.3, 0.4) is 0 Å². The van der Waals surface area contributed by atoms with E-state index >= 15 is 0 Å². The number of hydrogen-bond donors (Lipinski definition) is 1. The normalized spacial score (nSPS) is 12.4. The van der Waals surface area contributed by atoms with Gasteiger partial charge in [-0.2, -0.15) is 0 Å². The molecule has 0 bridgehead atoms. The summed E-state index contributed by atoms with van der Waals surface area (Å²) >= 11 is 3.47. The van der Waals surface area contributed by atoms with Crippen LogP contribution in [-0.4, -0.2) is 6.54 Å². The predicted octanol–water partition coefficient (Wildman–Crippen LogP) is 4.18. The highest BCUT2D eigenvalue weighted by Gasteiger charge is 2.13. The maximum Gasteiger partial charge on any atom is 0.123 e. The third kappa shape index (κ3) is 3.64. The van der Waals surface area contributed by atoms with Gasteiger partial charge in [0.2, 0.25) is 0 Å².